The van der Waals surface area contributed by atoms with Gasteiger partial charge in [-0.1, -0.05) is 66.7 Å². The number of benzene rings is 3. The summed E-state index contributed by atoms with van der Waals surface area (Å²) >= 11 is 0. The fraction of sp³-hybridized carbons (Fsp3) is 0.235. The van der Waals surface area contributed by atoms with Crippen molar-refractivity contribution in [3.63, 3.8) is 0 Å². The third-order valence-electron chi connectivity index (χ3n) is 7.94. The smallest absolute Gasteiger partial charge is 0.408 e. The number of fused-ring (bicyclic) bond motifs is 5. The molecular weight excluding hydrogens is 524 g/mol. The molecule has 0 unspecified atom stereocenters. The van der Waals surface area contributed by atoms with Crippen LogP contribution in [0, 0.1) is 0 Å². The lowest BCUT2D eigenvalue weighted by atomic mass is 9.72. The minimum atomic E-state index is -0.552. The summed E-state index contributed by atoms with van der Waals surface area (Å²) in [5.74, 6) is 2.18. The van der Waals surface area contributed by atoms with E-state index < -0.39 is 17.2 Å². The van der Waals surface area contributed by atoms with E-state index >= 15 is 0 Å². The monoisotopic (exact) mass is 556 g/mol. The molecule has 42 heavy (non-hydrogen) atoms. The van der Waals surface area contributed by atoms with E-state index in [2.05, 4.69) is 62.8 Å². The van der Waals surface area contributed by atoms with Gasteiger partial charge in [0.1, 0.15) is 5.60 Å². The number of ether oxygens (including phenoxy) is 1. The number of anilines is 2. The lowest BCUT2D eigenvalue weighted by Gasteiger charge is -2.43. The molecule has 8 nitrogen and oxygen atoms in total. The van der Waals surface area contributed by atoms with Crippen LogP contribution in [0.15, 0.2) is 91.1 Å². The summed E-state index contributed by atoms with van der Waals surface area (Å²) in [5, 5.41) is 16.0. The first-order chi connectivity index (χ1) is 20.3. The molecule has 1 fully saturated rings. The zero-order chi connectivity index (χ0) is 28.9. The van der Waals surface area contributed by atoms with Gasteiger partial charge in [0, 0.05) is 22.9 Å². The molecule has 5 aromatic rings. The number of nitrogens with one attached hydrogen (secondary N) is 2. The first-order valence-corrected chi connectivity index (χ1v) is 14.3. The Morgan fingerprint density at radius 2 is 1.60 bits per heavy atom. The van der Waals surface area contributed by atoms with E-state index in [0.717, 1.165) is 70.1 Å². The van der Waals surface area contributed by atoms with E-state index in [1.54, 1.807) is 0 Å². The van der Waals surface area contributed by atoms with Crippen LogP contribution >= 0.6 is 0 Å². The Morgan fingerprint density at radius 3 is 2.31 bits per heavy atom. The molecule has 2 aromatic heterocycles. The number of alkyl carbamates (subject to hydrolysis) is 1. The molecule has 1 aliphatic carbocycles. The minimum absolute atomic E-state index is 0.390. The van der Waals surface area contributed by atoms with E-state index in [-0.39, 0.29) is 0 Å². The van der Waals surface area contributed by atoms with Crippen LogP contribution < -0.4 is 10.6 Å². The molecule has 2 aliphatic rings. The SMILES string of the molecule is CC(C)(C)OC(=O)NC1(c2ccc(-c3nnc4n3-c3cc(-c5ccccc5)cnc3Nc3ccccc3-4)cc2)CCC1. The Balaban J connectivity index is 1.30. The number of aromatic nitrogens is 4. The standard InChI is InChI=1S/C34H32N6O2/c1-33(2,3)42-32(41)37-34(18-9-19-34)25-16-14-23(15-17-25)30-38-39-31-26-12-7-8-13-27(26)36-29-28(40(30)31)20-24(21-35-29)22-10-5-4-6-11-22/h4-8,10-17,20-21H,9,18-19H2,1-3H3,(H,35,36)(H,37,41). The third-order valence-corrected chi connectivity index (χ3v) is 7.94. The van der Waals surface area contributed by atoms with Crippen LogP contribution in [0.4, 0.5) is 16.3 Å². The predicted molar refractivity (Wildman–Crippen MR) is 164 cm³/mol. The average molecular weight is 557 g/mol. The number of carbonyl (C=O) groups is 1. The number of nitrogens with zero attached hydrogens (tertiary/aromatic N) is 4. The van der Waals surface area contributed by atoms with Crippen LogP contribution in [0.3, 0.4) is 0 Å². The molecule has 3 heterocycles. The summed E-state index contributed by atoms with van der Waals surface area (Å²) in [6, 6.07) is 28.7. The second-order valence-electron chi connectivity index (χ2n) is 12.0. The summed E-state index contributed by atoms with van der Waals surface area (Å²) in [7, 11) is 0. The number of carbonyl (C=O) groups excluding carboxylic acids is 1. The van der Waals surface area contributed by atoms with Gasteiger partial charge in [-0.25, -0.2) is 9.78 Å². The van der Waals surface area contributed by atoms with Gasteiger partial charge in [0.15, 0.2) is 17.5 Å². The predicted octanol–water partition coefficient (Wildman–Crippen LogP) is 7.62. The van der Waals surface area contributed by atoms with Gasteiger partial charge in [-0.3, -0.25) is 4.57 Å². The summed E-state index contributed by atoms with van der Waals surface area (Å²) in [5.41, 5.74) is 5.82. The Bertz CT molecular complexity index is 1780. The molecule has 0 atom stereocenters. The van der Waals surface area contributed by atoms with E-state index in [1.807, 2.05) is 69.4 Å². The molecule has 2 N–H and O–H groups in total. The van der Waals surface area contributed by atoms with Crippen LogP contribution in [0.25, 0.3) is 39.6 Å². The van der Waals surface area contributed by atoms with Crippen LogP contribution in [0.5, 0.6) is 0 Å². The molecule has 7 rings (SSSR count). The molecule has 1 saturated carbocycles. The van der Waals surface area contributed by atoms with Crippen molar-refractivity contribution in [2.24, 2.45) is 0 Å². The van der Waals surface area contributed by atoms with Crippen LogP contribution in [0.2, 0.25) is 0 Å². The molecule has 0 spiro atoms. The lowest BCUT2D eigenvalue weighted by molar-refractivity contribution is 0.0377. The fourth-order valence-corrected chi connectivity index (χ4v) is 5.75. The number of rotatable bonds is 4. The highest BCUT2D eigenvalue weighted by atomic mass is 16.6. The zero-order valence-corrected chi connectivity index (χ0v) is 23.9. The van der Waals surface area contributed by atoms with Gasteiger partial charge in [-0.15, -0.1) is 10.2 Å². The summed E-state index contributed by atoms with van der Waals surface area (Å²) in [4.78, 5) is 17.5. The molecule has 0 radical (unpaired) electrons. The maximum absolute atomic E-state index is 12.7. The van der Waals surface area contributed by atoms with E-state index in [0.29, 0.717) is 5.82 Å². The number of para-hydroxylation sites is 1. The maximum Gasteiger partial charge on any atom is 0.408 e. The Labute approximate surface area is 244 Å². The van der Waals surface area contributed by atoms with Crippen molar-refractivity contribution in [1.82, 2.24) is 25.1 Å². The van der Waals surface area contributed by atoms with Crippen molar-refractivity contribution in [1.29, 1.82) is 0 Å². The molecule has 210 valence electrons. The Hall–Kier alpha value is -4.98. The molecule has 3 aromatic carbocycles. The van der Waals surface area contributed by atoms with Crippen molar-refractivity contribution in [3.8, 4) is 39.6 Å². The van der Waals surface area contributed by atoms with Crippen LogP contribution in [-0.2, 0) is 10.3 Å². The quantitative estimate of drug-likeness (QED) is 0.232. The van der Waals surface area contributed by atoms with Crippen molar-refractivity contribution >= 4 is 17.6 Å². The number of hydrogen-bond acceptors (Lipinski definition) is 6. The second kappa shape index (κ2) is 9.83. The van der Waals surface area contributed by atoms with Crippen molar-refractivity contribution in [2.45, 2.75) is 51.2 Å². The highest BCUT2D eigenvalue weighted by Crippen LogP contribution is 2.43. The zero-order valence-electron chi connectivity index (χ0n) is 23.9. The topological polar surface area (TPSA) is 94.0 Å². The van der Waals surface area contributed by atoms with Gasteiger partial charge in [0.25, 0.3) is 0 Å². The van der Waals surface area contributed by atoms with E-state index in [4.69, 9.17) is 14.8 Å². The van der Waals surface area contributed by atoms with Gasteiger partial charge < -0.3 is 15.4 Å². The fourth-order valence-electron chi connectivity index (χ4n) is 5.75. The minimum Gasteiger partial charge on any atom is -0.444 e. The lowest BCUT2D eigenvalue weighted by Crippen LogP contribution is -2.52. The van der Waals surface area contributed by atoms with Crippen LogP contribution in [0.1, 0.15) is 45.6 Å². The normalized spacial score (nSPS) is 14.7. The van der Waals surface area contributed by atoms with Crippen molar-refractivity contribution < 1.29 is 9.53 Å². The largest absolute Gasteiger partial charge is 0.444 e. The first-order valence-electron chi connectivity index (χ1n) is 14.3. The summed E-state index contributed by atoms with van der Waals surface area (Å²) in [6.45, 7) is 5.63. The number of pyridine rings is 1. The average Bonchev–Trinajstić information content (AvgIpc) is 3.34. The molecule has 0 saturated heterocycles. The number of amides is 1. The molecule has 1 amide bonds. The highest BCUT2D eigenvalue weighted by Gasteiger charge is 2.41. The molecular formula is C34H32N6O2. The highest BCUT2D eigenvalue weighted by molar-refractivity contribution is 5.86. The van der Waals surface area contributed by atoms with Gasteiger partial charge in [-0.05, 0) is 69.4 Å². The second-order valence-corrected chi connectivity index (χ2v) is 12.0. The van der Waals surface area contributed by atoms with Crippen molar-refractivity contribution in [2.75, 3.05) is 5.32 Å². The van der Waals surface area contributed by atoms with Gasteiger partial charge >= 0.3 is 6.09 Å². The summed E-state index contributed by atoms with van der Waals surface area (Å²) < 4.78 is 7.65. The third kappa shape index (κ3) is 4.59. The van der Waals surface area contributed by atoms with Crippen LogP contribution in [-0.4, -0.2) is 31.4 Å². The molecule has 8 heteroatoms. The molecule has 0 bridgehead atoms. The Kier molecular flexibility index (Phi) is 6.08. The van der Waals surface area contributed by atoms with Gasteiger partial charge in [0.2, 0.25) is 0 Å². The maximum atomic E-state index is 12.7. The van der Waals surface area contributed by atoms with E-state index in [1.165, 1.54) is 0 Å². The first kappa shape index (κ1) is 26.0. The van der Waals surface area contributed by atoms with Crippen molar-refractivity contribution in [3.05, 3.63) is 96.7 Å². The summed E-state index contributed by atoms with van der Waals surface area (Å²) in [6.07, 6.45) is 4.29. The van der Waals surface area contributed by atoms with Gasteiger partial charge in [0.05, 0.1) is 16.9 Å². The van der Waals surface area contributed by atoms with Gasteiger partial charge in [-0.2, -0.15) is 0 Å². The Morgan fingerprint density at radius 1 is 0.881 bits per heavy atom. The van der Waals surface area contributed by atoms with E-state index in [9.17, 15) is 4.79 Å². The number of hydrogen-bond donors (Lipinski definition) is 2. The molecule has 1 aliphatic heterocycles.